The van der Waals surface area contributed by atoms with Crippen LogP contribution in [0.3, 0.4) is 0 Å². The molecule has 0 spiro atoms. The van der Waals surface area contributed by atoms with Crippen molar-refractivity contribution in [1.29, 1.82) is 0 Å². The van der Waals surface area contributed by atoms with E-state index in [1.54, 1.807) is 0 Å². The molecule has 0 aromatic rings. The van der Waals surface area contributed by atoms with Crippen LogP contribution in [0.4, 0.5) is 8.78 Å². The number of nitrogens with one attached hydrogen (secondary N) is 1. The third-order valence-corrected chi connectivity index (χ3v) is 1.63. The van der Waals surface area contributed by atoms with Crippen LogP contribution in [0.25, 0.3) is 0 Å². The Morgan fingerprint density at radius 1 is 1.60 bits per heavy atom. The van der Waals surface area contributed by atoms with Crippen LogP contribution >= 0.6 is 0 Å². The normalized spacial score (nSPS) is 26.7. The highest BCUT2D eigenvalue weighted by molar-refractivity contribution is 5.79. The fourth-order valence-electron chi connectivity index (χ4n) is 1.04. The second kappa shape index (κ2) is 2.94. The summed E-state index contributed by atoms with van der Waals surface area (Å²) in [7, 11) is 0. The molecular formula is C6H9F2NO. The summed E-state index contributed by atoms with van der Waals surface area (Å²) in [4.78, 5) is 10.6. The number of piperidine rings is 1. The zero-order valence-corrected chi connectivity index (χ0v) is 5.44. The molecule has 2 nitrogen and oxygen atoms in total. The van der Waals surface area contributed by atoms with Crippen LogP contribution in [0.2, 0.25) is 0 Å². The Labute approximate surface area is 57.6 Å². The maximum atomic E-state index is 11.9. The summed E-state index contributed by atoms with van der Waals surface area (Å²) in [6, 6.07) is 0. The summed E-state index contributed by atoms with van der Waals surface area (Å²) in [6.45, 7) is 0.544. The van der Waals surface area contributed by atoms with E-state index in [4.69, 9.17) is 0 Å². The van der Waals surface area contributed by atoms with Crippen molar-refractivity contribution in [2.24, 2.45) is 5.92 Å². The van der Waals surface area contributed by atoms with E-state index in [9.17, 15) is 13.6 Å². The minimum atomic E-state index is -2.50. The van der Waals surface area contributed by atoms with E-state index in [2.05, 4.69) is 5.32 Å². The lowest BCUT2D eigenvalue weighted by Gasteiger charge is -2.20. The van der Waals surface area contributed by atoms with Crippen molar-refractivity contribution in [2.45, 2.75) is 19.3 Å². The molecule has 1 saturated heterocycles. The van der Waals surface area contributed by atoms with E-state index in [1.807, 2.05) is 0 Å². The number of alkyl halides is 2. The van der Waals surface area contributed by atoms with Crippen LogP contribution in [-0.2, 0) is 4.79 Å². The summed E-state index contributed by atoms with van der Waals surface area (Å²) in [6.07, 6.45) is -1.51. The molecule has 1 amide bonds. The van der Waals surface area contributed by atoms with Crippen molar-refractivity contribution >= 4 is 5.91 Å². The molecule has 1 aliphatic rings. The van der Waals surface area contributed by atoms with Crippen molar-refractivity contribution in [3.63, 3.8) is 0 Å². The quantitative estimate of drug-likeness (QED) is 0.586. The van der Waals surface area contributed by atoms with Gasteiger partial charge in [-0.3, -0.25) is 4.79 Å². The zero-order valence-electron chi connectivity index (χ0n) is 5.44. The van der Waals surface area contributed by atoms with Crippen LogP contribution in [-0.4, -0.2) is 18.9 Å². The topological polar surface area (TPSA) is 29.1 Å². The molecule has 0 radical (unpaired) electrons. The summed E-state index contributed by atoms with van der Waals surface area (Å²) < 4.78 is 23.8. The zero-order chi connectivity index (χ0) is 7.56. The summed E-state index contributed by atoms with van der Waals surface area (Å²) in [5, 5.41) is 2.39. The molecule has 0 aromatic heterocycles. The number of amides is 1. The lowest BCUT2D eigenvalue weighted by molar-refractivity contribution is -0.131. The maximum absolute atomic E-state index is 11.9. The SMILES string of the molecule is O=C1NCCCC1C(F)F. The van der Waals surface area contributed by atoms with Crippen molar-refractivity contribution in [3.05, 3.63) is 0 Å². The molecule has 0 saturated carbocycles. The first-order valence-corrected chi connectivity index (χ1v) is 3.27. The number of carbonyl (C=O) groups is 1. The standard InChI is InChI=1S/C6H9F2NO/c7-5(8)4-2-1-3-9-6(4)10/h4-5H,1-3H2,(H,9,10). The van der Waals surface area contributed by atoms with E-state index in [0.717, 1.165) is 0 Å². The molecule has 1 aliphatic heterocycles. The third-order valence-electron chi connectivity index (χ3n) is 1.63. The van der Waals surface area contributed by atoms with Crippen molar-refractivity contribution < 1.29 is 13.6 Å². The van der Waals surface area contributed by atoms with Crippen molar-refractivity contribution in [2.75, 3.05) is 6.54 Å². The van der Waals surface area contributed by atoms with E-state index in [1.165, 1.54) is 0 Å². The highest BCUT2D eigenvalue weighted by Crippen LogP contribution is 2.18. The Hall–Kier alpha value is -0.670. The molecular weight excluding hydrogens is 140 g/mol. The van der Waals surface area contributed by atoms with Crippen LogP contribution in [0.15, 0.2) is 0 Å². The van der Waals surface area contributed by atoms with Gasteiger partial charge in [0.2, 0.25) is 12.3 Å². The summed E-state index contributed by atoms with van der Waals surface area (Å²) in [5.41, 5.74) is 0. The molecule has 0 aliphatic carbocycles. The van der Waals surface area contributed by atoms with Gasteiger partial charge in [0.1, 0.15) is 0 Å². The number of hydrogen-bond donors (Lipinski definition) is 1. The van der Waals surface area contributed by atoms with Gasteiger partial charge in [-0.2, -0.15) is 0 Å². The molecule has 4 heteroatoms. The van der Waals surface area contributed by atoms with Gasteiger partial charge in [-0.05, 0) is 12.8 Å². The first-order chi connectivity index (χ1) is 4.72. The number of carbonyl (C=O) groups excluding carboxylic acids is 1. The lowest BCUT2D eigenvalue weighted by Crippen LogP contribution is -2.39. The molecule has 1 fully saturated rings. The van der Waals surface area contributed by atoms with E-state index in [-0.39, 0.29) is 0 Å². The Bertz CT molecular complexity index is 138. The van der Waals surface area contributed by atoms with Crippen LogP contribution < -0.4 is 5.32 Å². The van der Waals surface area contributed by atoms with Crippen molar-refractivity contribution in [1.82, 2.24) is 5.32 Å². The molecule has 1 heterocycles. The molecule has 1 atom stereocenters. The predicted octanol–water partition coefficient (Wildman–Crippen LogP) is 0.778. The lowest BCUT2D eigenvalue weighted by atomic mass is 10.00. The molecule has 58 valence electrons. The Morgan fingerprint density at radius 3 is 2.70 bits per heavy atom. The second-order valence-electron chi connectivity index (χ2n) is 2.37. The van der Waals surface area contributed by atoms with Gasteiger partial charge in [0.15, 0.2) is 0 Å². The number of rotatable bonds is 1. The third kappa shape index (κ3) is 1.43. The van der Waals surface area contributed by atoms with Gasteiger partial charge in [-0.1, -0.05) is 0 Å². The Kier molecular flexibility index (Phi) is 2.19. The first-order valence-electron chi connectivity index (χ1n) is 3.27. The average Bonchev–Trinajstić information content (AvgIpc) is 1.88. The monoisotopic (exact) mass is 149 g/mol. The molecule has 1 rings (SSSR count). The molecule has 0 bridgehead atoms. The average molecular weight is 149 g/mol. The van der Waals surface area contributed by atoms with Gasteiger partial charge in [0.05, 0.1) is 5.92 Å². The smallest absolute Gasteiger partial charge is 0.250 e. The summed E-state index contributed by atoms with van der Waals surface area (Å²) >= 11 is 0. The largest absolute Gasteiger partial charge is 0.356 e. The highest BCUT2D eigenvalue weighted by atomic mass is 19.3. The molecule has 0 aromatic carbocycles. The first kappa shape index (κ1) is 7.44. The molecule has 10 heavy (non-hydrogen) atoms. The van der Waals surface area contributed by atoms with Gasteiger partial charge in [-0.25, -0.2) is 8.78 Å². The van der Waals surface area contributed by atoms with E-state index in [0.29, 0.717) is 19.4 Å². The van der Waals surface area contributed by atoms with Gasteiger partial charge in [-0.15, -0.1) is 0 Å². The second-order valence-corrected chi connectivity index (χ2v) is 2.37. The van der Waals surface area contributed by atoms with Gasteiger partial charge >= 0.3 is 0 Å². The van der Waals surface area contributed by atoms with Crippen LogP contribution in [0.1, 0.15) is 12.8 Å². The van der Waals surface area contributed by atoms with Gasteiger partial charge < -0.3 is 5.32 Å². The summed E-state index contributed by atoms with van der Waals surface area (Å²) in [5.74, 6) is -1.56. The maximum Gasteiger partial charge on any atom is 0.250 e. The molecule has 1 N–H and O–H groups in total. The van der Waals surface area contributed by atoms with Crippen LogP contribution in [0.5, 0.6) is 0 Å². The van der Waals surface area contributed by atoms with Gasteiger partial charge in [0, 0.05) is 6.54 Å². The fraction of sp³-hybridized carbons (Fsp3) is 0.833. The Balaban J connectivity index is 2.48. The number of halogens is 2. The van der Waals surface area contributed by atoms with Crippen molar-refractivity contribution in [3.8, 4) is 0 Å². The van der Waals surface area contributed by atoms with Gasteiger partial charge in [0.25, 0.3) is 0 Å². The number of hydrogen-bond acceptors (Lipinski definition) is 1. The minimum absolute atomic E-state index is 0.323. The fourth-order valence-corrected chi connectivity index (χ4v) is 1.04. The molecule has 1 unspecified atom stereocenters. The van der Waals surface area contributed by atoms with E-state index < -0.39 is 18.3 Å². The minimum Gasteiger partial charge on any atom is -0.356 e. The predicted molar refractivity (Wildman–Crippen MR) is 31.7 cm³/mol. The van der Waals surface area contributed by atoms with E-state index >= 15 is 0 Å². The Morgan fingerprint density at radius 2 is 2.30 bits per heavy atom. The highest BCUT2D eigenvalue weighted by Gasteiger charge is 2.29. The van der Waals surface area contributed by atoms with Crippen LogP contribution in [0, 0.1) is 5.92 Å².